The Kier molecular flexibility index (Phi) is 7.12. The maximum atomic E-state index is 12.2. The van der Waals surface area contributed by atoms with Crippen molar-refractivity contribution in [2.45, 2.75) is 13.1 Å². The van der Waals surface area contributed by atoms with E-state index >= 15 is 0 Å². The molecule has 2 rings (SSSR count). The minimum absolute atomic E-state index is 0.0468. The van der Waals surface area contributed by atoms with E-state index in [1.54, 1.807) is 6.08 Å². The summed E-state index contributed by atoms with van der Waals surface area (Å²) in [6, 6.07) is 11.3. The van der Waals surface area contributed by atoms with Crippen molar-refractivity contribution in [2.24, 2.45) is 0 Å². The zero-order valence-corrected chi connectivity index (χ0v) is 14.9. The van der Waals surface area contributed by atoms with Crippen molar-refractivity contribution in [3.63, 3.8) is 0 Å². The van der Waals surface area contributed by atoms with E-state index in [1.807, 2.05) is 41.3 Å². The van der Waals surface area contributed by atoms with Crippen molar-refractivity contribution in [1.29, 1.82) is 0 Å². The van der Waals surface area contributed by atoms with Crippen molar-refractivity contribution in [3.8, 4) is 0 Å². The molecule has 2 aromatic rings. The zero-order chi connectivity index (χ0) is 16.7. The monoisotopic (exact) mass is 368 g/mol. The van der Waals surface area contributed by atoms with E-state index in [0.717, 1.165) is 14.8 Å². The highest BCUT2D eigenvalue weighted by atomic mass is 35.5. The van der Waals surface area contributed by atoms with Crippen LogP contribution in [0.3, 0.4) is 0 Å². The molecule has 122 valence electrons. The highest BCUT2D eigenvalue weighted by Crippen LogP contribution is 2.22. The van der Waals surface area contributed by atoms with E-state index < -0.39 is 0 Å². The van der Waals surface area contributed by atoms with Crippen LogP contribution in [-0.2, 0) is 17.9 Å². The Labute approximate surface area is 150 Å². The number of carbonyl (C=O) groups excluding carboxylic acids is 1. The minimum Gasteiger partial charge on any atom is -0.351 e. The van der Waals surface area contributed by atoms with Crippen LogP contribution in [0, 0.1) is 0 Å². The first-order valence-corrected chi connectivity index (χ1v) is 8.73. The van der Waals surface area contributed by atoms with Crippen LogP contribution in [0.2, 0.25) is 9.36 Å². The summed E-state index contributed by atoms with van der Waals surface area (Å²) < 4.78 is 0.752. The molecule has 6 heteroatoms. The van der Waals surface area contributed by atoms with Crippen LogP contribution in [0.4, 0.5) is 0 Å². The molecule has 0 aliphatic heterocycles. The van der Waals surface area contributed by atoms with Gasteiger partial charge in [0, 0.05) is 29.5 Å². The fourth-order valence-electron chi connectivity index (χ4n) is 2.12. The summed E-state index contributed by atoms with van der Waals surface area (Å²) in [6.45, 7) is 5.77. The summed E-state index contributed by atoms with van der Waals surface area (Å²) in [5, 5.41) is 3.55. The average Bonchev–Trinajstić information content (AvgIpc) is 2.92. The molecular formula is C17H18Cl2N2OS. The molecule has 0 aliphatic rings. The van der Waals surface area contributed by atoms with E-state index in [2.05, 4.69) is 11.9 Å². The minimum atomic E-state index is -0.0468. The summed E-state index contributed by atoms with van der Waals surface area (Å²) in [6.07, 6.45) is 1.79. The van der Waals surface area contributed by atoms with Gasteiger partial charge >= 0.3 is 0 Å². The lowest BCUT2D eigenvalue weighted by Gasteiger charge is -2.19. The lowest BCUT2D eigenvalue weighted by atomic mass is 10.2. The van der Waals surface area contributed by atoms with E-state index in [-0.39, 0.29) is 5.91 Å². The molecule has 0 saturated heterocycles. The number of hydrogen-bond acceptors (Lipinski definition) is 3. The summed E-state index contributed by atoms with van der Waals surface area (Å²) >= 11 is 13.6. The highest BCUT2D eigenvalue weighted by Gasteiger charge is 2.11. The van der Waals surface area contributed by atoms with Gasteiger partial charge in [-0.15, -0.1) is 17.9 Å². The Morgan fingerprint density at radius 2 is 2.04 bits per heavy atom. The van der Waals surface area contributed by atoms with Crippen LogP contribution in [-0.4, -0.2) is 23.9 Å². The fourth-order valence-corrected chi connectivity index (χ4v) is 3.45. The van der Waals surface area contributed by atoms with Gasteiger partial charge in [-0.1, -0.05) is 47.5 Å². The Hall–Kier alpha value is -1.33. The van der Waals surface area contributed by atoms with E-state index in [1.165, 1.54) is 11.3 Å². The summed E-state index contributed by atoms with van der Waals surface area (Å²) in [5.41, 5.74) is 0.905. The van der Waals surface area contributed by atoms with Gasteiger partial charge in [0.25, 0.3) is 0 Å². The Balaban J connectivity index is 1.87. The zero-order valence-electron chi connectivity index (χ0n) is 12.6. The van der Waals surface area contributed by atoms with Gasteiger partial charge in [-0.3, -0.25) is 9.69 Å². The molecule has 0 radical (unpaired) electrons. The number of amides is 1. The van der Waals surface area contributed by atoms with Gasteiger partial charge in [0.2, 0.25) is 5.91 Å². The Morgan fingerprint density at radius 3 is 2.70 bits per heavy atom. The number of thiophene rings is 1. The molecule has 1 heterocycles. The SMILES string of the molecule is C=CCN(CC(=O)NCc1ccccc1Cl)Cc1ccc(Cl)s1. The maximum absolute atomic E-state index is 12.2. The number of carbonyl (C=O) groups is 1. The van der Waals surface area contributed by atoms with Crippen molar-refractivity contribution >= 4 is 40.4 Å². The summed E-state index contributed by atoms with van der Waals surface area (Å²) in [7, 11) is 0. The second kappa shape index (κ2) is 9.08. The van der Waals surface area contributed by atoms with Gasteiger partial charge in [-0.2, -0.15) is 0 Å². The lowest BCUT2D eigenvalue weighted by Crippen LogP contribution is -2.36. The number of benzene rings is 1. The second-order valence-corrected chi connectivity index (χ2v) is 7.24. The molecule has 1 N–H and O–H groups in total. The summed E-state index contributed by atoms with van der Waals surface area (Å²) in [5.74, 6) is -0.0468. The van der Waals surface area contributed by atoms with Crippen molar-refractivity contribution in [3.05, 3.63) is 68.9 Å². The third-order valence-corrected chi connectivity index (χ3v) is 4.78. The number of halogens is 2. The maximum Gasteiger partial charge on any atom is 0.234 e. The predicted octanol–water partition coefficient (Wildman–Crippen LogP) is 4.36. The third-order valence-electron chi connectivity index (χ3n) is 3.20. The Bertz CT molecular complexity index is 672. The largest absolute Gasteiger partial charge is 0.351 e. The van der Waals surface area contributed by atoms with Gasteiger partial charge in [-0.05, 0) is 23.8 Å². The standard InChI is InChI=1S/C17H18Cl2N2OS/c1-2-9-21(11-14-7-8-16(19)23-14)12-17(22)20-10-13-5-3-4-6-15(13)18/h2-8H,1,9-12H2,(H,20,22). The second-order valence-electron chi connectivity index (χ2n) is 5.03. The topological polar surface area (TPSA) is 32.3 Å². The van der Waals surface area contributed by atoms with Gasteiger partial charge in [0.15, 0.2) is 0 Å². The first-order chi connectivity index (χ1) is 11.1. The molecular weight excluding hydrogens is 351 g/mol. The molecule has 0 spiro atoms. The normalized spacial score (nSPS) is 10.7. The number of rotatable bonds is 8. The summed E-state index contributed by atoms with van der Waals surface area (Å²) in [4.78, 5) is 15.3. The van der Waals surface area contributed by atoms with E-state index in [4.69, 9.17) is 23.2 Å². The fraction of sp³-hybridized carbons (Fsp3) is 0.235. The molecule has 3 nitrogen and oxygen atoms in total. The molecule has 1 aromatic carbocycles. The van der Waals surface area contributed by atoms with Crippen molar-refractivity contribution < 1.29 is 4.79 Å². The molecule has 1 aromatic heterocycles. The predicted molar refractivity (Wildman–Crippen MR) is 98.1 cm³/mol. The Morgan fingerprint density at radius 1 is 1.26 bits per heavy atom. The third kappa shape index (κ3) is 5.99. The van der Waals surface area contributed by atoms with Gasteiger partial charge < -0.3 is 5.32 Å². The smallest absolute Gasteiger partial charge is 0.234 e. The van der Waals surface area contributed by atoms with Crippen LogP contribution in [0.1, 0.15) is 10.4 Å². The average molecular weight is 369 g/mol. The number of nitrogens with one attached hydrogen (secondary N) is 1. The molecule has 0 fully saturated rings. The first-order valence-electron chi connectivity index (χ1n) is 7.16. The first kappa shape index (κ1) is 18.0. The molecule has 0 aliphatic carbocycles. The number of hydrogen-bond donors (Lipinski definition) is 1. The number of nitrogens with zero attached hydrogens (tertiary/aromatic N) is 1. The van der Waals surface area contributed by atoms with E-state index in [9.17, 15) is 4.79 Å². The molecule has 23 heavy (non-hydrogen) atoms. The molecule has 0 unspecified atom stereocenters. The molecule has 0 bridgehead atoms. The van der Waals surface area contributed by atoms with Crippen LogP contribution < -0.4 is 5.32 Å². The van der Waals surface area contributed by atoms with Crippen molar-refractivity contribution in [1.82, 2.24) is 10.2 Å². The van der Waals surface area contributed by atoms with Gasteiger partial charge in [-0.25, -0.2) is 0 Å². The van der Waals surface area contributed by atoms with Crippen molar-refractivity contribution in [2.75, 3.05) is 13.1 Å². The van der Waals surface area contributed by atoms with Gasteiger partial charge in [0.1, 0.15) is 0 Å². The molecule has 0 atom stereocenters. The lowest BCUT2D eigenvalue weighted by molar-refractivity contribution is -0.122. The van der Waals surface area contributed by atoms with Crippen LogP contribution in [0.5, 0.6) is 0 Å². The molecule has 1 amide bonds. The van der Waals surface area contributed by atoms with Crippen LogP contribution in [0.25, 0.3) is 0 Å². The van der Waals surface area contributed by atoms with Crippen LogP contribution in [0.15, 0.2) is 49.1 Å². The van der Waals surface area contributed by atoms with Crippen LogP contribution >= 0.6 is 34.5 Å². The molecule has 0 saturated carbocycles. The van der Waals surface area contributed by atoms with E-state index in [0.29, 0.717) is 31.2 Å². The van der Waals surface area contributed by atoms with Gasteiger partial charge in [0.05, 0.1) is 10.9 Å². The highest BCUT2D eigenvalue weighted by molar-refractivity contribution is 7.16. The quantitative estimate of drug-likeness (QED) is 0.702.